The predicted molar refractivity (Wildman–Crippen MR) is 76.7 cm³/mol. The van der Waals surface area contributed by atoms with E-state index in [1.54, 1.807) is 18.3 Å². The van der Waals surface area contributed by atoms with Crippen LogP contribution in [0.2, 0.25) is 0 Å². The molecule has 108 valence electrons. The van der Waals surface area contributed by atoms with Crippen molar-refractivity contribution in [3.63, 3.8) is 0 Å². The van der Waals surface area contributed by atoms with Gasteiger partial charge in [0.1, 0.15) is 5.56 Å². The van der Waals surface area contributed by atoms with Crippen LogP contribution in [0, 0.1) is 17.8 Å². The second-order valence-electron chi connectivity index (χ2n) is 6.04. The summed E-state index contributed by atoms with van der Waals surface area (Å²) in [5.41, 5.74) is 0.517. The molecule has 2 saturated carbocycles. The summed E-state index contributed by atoms with van der Waals surface area (Å²) in [5.74, 6) is 3.02. The average molecular weight is 274 g/mol. The Morgan fingerprint density at radius 2 is 2.35 bits per heavy atom. The van der Waals surface area contributed by atoms with E-state index in [1.807, 2.05) is 0 Å². The molecule has 1 heterocycles. The Morgan fingerprint density at radius 3 is 3.05 bits per heavy atom. The molecular weight excluding hydrogens is 252 g/mol. The average Bonchev–Trinajstić information content (AvgIpc) is 3.09. The van der Waals surface area contributed by atoms with Gasteiger partial charge in [-0.25, -0.2) is 4.98 Å². The lowest BCUT2D eigenvalue weighted by Gasteiger charge is -2.21. The molecule has 1 N–H and O–H groups in total. The number of fused-ring (bicyclic) bond motifs is 2. The van der Waals surface area contributed by atoms with Gasteiger partial charge in [-0.2, -0.15) is 0 Å². The molecule has 0 spiro atoms. The number of aromatic nitrogens is 1. The van der Waals surface area contributed by atoms with Gasteiger partial charge in [-0.3, -0.25) is 4.79 Å². The molecule has 0 saturated heterocycles. The molecule has 3 unspecified atom stereocenters. The van der Waals surface area contributed by atoms with Gasteiger partial charge in [0.05, 0.1) is 7.11 Å². The third-order valence-electron chi connectivity index (χ3n) is 4.89. The van der Waals surface area contributed by atoms with Crippen LogP contribution in [0.5, 0.6) is 5.88 Å². The first kappa shape index (κ1) is 13.4. The largest absolute Gasteiger partial charge is 0.480 e. The fraction of sp³-hybridized carbons (Fsp3) is 0.625. The Kier molecular flexibility index (Phi) is 3.90. The van der Waals surface area contributed by atoms with Gasteiger partial charge in [0.25, 0.3) is 5.91 Å². The highest BCUT2D eigenvalue weighted by molar-refractivity contribution is 5.96. The van der Waals surface area contributed by atoms with Crippen LogP contribution in [0.25, 0.3) is 0 Å². The number of hydrogen-bond acceptors (Lipinski definition) is 3. The van der Waals surface area contributed by atoms with Gasteiger partial charge in [-0.05, 0) is 55.6 Å². The lowest BCUT2D eigenvalue weighted by molar-refractivity contribution is 0.0946. The molecule has 0 radical (unpaired) electrons. The van der Waals surface area contributed by atoms with Gasteiger partial charge in [0.2, 0.25) is 5.88 Å². The van der Waals surface area contributed by atoms with E-state index in [4.69, 9.17) is 4.74 Å². The molecule has 2 aliphatic rings. The molecule has 3 atom stereocenters. The molecular formula is C16H22N2O2. The standard InChI is InChI=1S/C16H22N2O2/c1-20-16-14(3-2-7-18-16)15(19)17-8-6-13-10-11-4-5-12(13)9-11/h2-3,7,11-13H,4-6,8-10H2,1H3,(H,17,19). The SMILES string of the molecule is COc1ncccc1C(=O)NCCC1CC2CCC1C2. The van der Waals surface area contributed by atoms with Crippen molar-refractivity contribution in [3.05, 3.63) is 23.9 Å². The van der Waals surface area contributed by atoms with E-state index in [2.05, 4.69) is 10.3 Å². The van der Waals surface area contributed by atoms with E-state index >= 15 is 0 Å². The lowest BCUT2D eigenvalue weighted by Crippen LogP contribution is -2.27. The Bertz CT molecular complexity index is 489. The van der Waals surface area contributed by atoms with Crippen LogP contribution in [-0.2, 0) is 0 Å². The Labute approximate surface area is 119 Å². The van der Waals surface area contributed by atoms with Crippen LogP contribution < -0.4 is 10.1 Å². The molecule has 20 heavy (non-hydrogen) atoms. The summed E-state index contributed by atoms with van der Waals surface area (Å²) >= 11 is 0. The first-order chi connectivity index (χ1) is 9.78. The Balaban J connectivity index is 1.50. The van der Waals surface area contributed by atoms with Crippen molar-refractivity contribution in [3.8, 4) is 5.88 Å². The Hall–Kier alpha value is -1.58. The molecule has 2 bridgehead atoms. The van der Waals surface area contributed by atoms with Crippen LogP contribution in [0.4, 0.5) is 0 Å². The molecule has 0 aromatic carbocycles. The van der Waals surface area contributed by atoms with Crippen LogP contribution >= 0.6 is 0 Å². The maximum absolute atomic E-state index is 12.1. The minimum Gasteiger partial charge on any atom is -0.480 e. The maximum atomic E-state index is 12.1. The smallest absolute Gasteiger partial charge is 0.256 e. The predicted octanol–water partition coefficient (Wildman–Crippen LogP) is 2.65. The van der Waals surface area contributed by atoms with Gasteiger partial charge >= 0.3 is 0 Å². The molecule has 1 amide bonds. The van der Waals surface area contributed by atoms with Crippen molar-refractivity contribution < 1.29 is 9.53 Å². The zero-order valence-corrected chi connectivity index (χ0v) is 12.0. The number of methoxy groups -OCH3 is 1. The van der Waals surface area contributed by atoms with Crippen molar-refractivity contribution >= 4 is 5.91 Å². The molecule has 2 aliphatic carbocycles. The van der Waals surface area contributed by atoms with Crippen molar-refractivity contribution in [2.75, 3.05) is 13.7 Å². The zero-order valence-electron chi connectivity index (χ0n) is 12.0. The molecule has 2 fully saturated rings. The summed E-state index contributed by atoms with van der Waals surface area (Å²) in [7, 11) is 1.54. The number of pyridine rings is 1. The summed E-state index contributed by atoms with van der Waals surface area (Å²) < 4.78 is 5.11. The van der Waals surface area contributed by atoms with Crippen molar-refractivity contribution in [1.82, 2.24) is 10.3 Å². The summed E-state index contributed by atoms with van der Waals surface area (Å²) in [5, 5.41) is 3.00. The van der Waals surface area contributed by atoms with E-state index in [0.717, 1.165) is 30.7 Å². The van der Waals surface area contributed by atoms with Gasteiger partial charge in [-0.15, -0.1) is 0 Å². The number of ether oxygens (including phenoxy) is 1. The van der Waals surface area contributed by atoms with Gasteiger partial charge in [0.15, 0.2) is 0 Å². The third-order valence-corrected chi connectivity index (χ3v) is 4.89. The lowest BCUT2D eigenvalue weighted by atomic mass is 9.86. The molecule has 0 aliphatic heterocycles. The number of rotatable bonds is 5. The maximum Gasteiger partial charge on any atom is 0.256 e. The van der Waals surface area contributed by atoms with Gasteiger partial charge in [0, 0.05) is 12.7 Å². The van der Waals surface area contributed by atoms with E-state index in [9.17, 15) is 4.79 Å². The highest BCUT2D eigenvalue weighted by atomic mass is 16.5. The van der Waals surface area contributed by atoms with E-state index in [1.165, 1.54) is 32.8 Å². The summed E-state index contributed by atoms with van der Waals surface area (Å²) in [6.45, 7) is 0.755. The number of carbonyl (C=O) groups is 1. The first-order valence-electron chi connectivity index (χ1n) is 7.55. The molecule has 1 aromatic rings. The minimum atomic E-state index is -0.0851. The minimum absolute atomic E-state index is 0.0851. The number of hydrogen-bond donors (Lipinski definition) is 1. The topological polar surface area (TPSA) is 51.2 Å². The number of nitrogens with one attached hydrogen (secondary N) is 1. The fourth-order valence-corrected chi connectivity index (χ4v) is 3.92. The molecule has 3 rings (SSSR count). The van der Waals surface area contributed by atoms with Crippen LogP contribution in [-0.4, -0.2) is 24.5 Å². The first-order valence-corrected chi connectivity index (χ1v) is 7.55. The fourth-order valence-electron chi connectivity index (χ4n) is 3.92. The van der Waals surface area contributed by atoms with E-state index in [0.29, 0.717) is 11.4 Å². The van der Waals surface area contributed by atoms with Gasteiger partial charge in [-0.1, -0.05) is 6.42 Å². The monoisotopic (exact) mass is 274 g/mol. The molecule has 4 heteroatoms. The van der Waals surface area contributed by atoms with Gasteiger partial charge < -0.3 is 10.1 Å². The summed E-state index contributed by atoms with van der Waals surface area (Å²) in [6, 6.07) is 3.51. The van der Waals surface area contributed by atoms with Crippen LogP contribution in [0.1, 0.15) is 42.5 Å². The quantitative estimate of drug-likeness (QED) is 0.898. The van der Waals surface area contributed by atoms with E-state index < -0.39 is 0 Å². The third kappa shape index (κ3) is 2.65. The van der Waals surface area contributed by atoms with Crippen LogP contribution in [0.15, 0.2) is 18.3 Å². The molecule has 4 nitrogen and oxygen atoms in total. The second kappa shape index (κ2) is 5.81. The van der Waals surface area contributed by atoms with Crippen molar-refractivity contribution in [1.29, 1.82) is 0 Å². The second-order valence-corrected chi connectivity index (χ2v) is 6.04. The highest BCUT2D eigenvalue weighted by Crippen LogP contribution is 2.49. The van der Waals surface area contributed by atoms with E-state index in [-0.39, 0.29) is 5.91 Å². The van der Waals surface area contributed by atoms with Crippen molar-refractivity contribution in [2.45, 2.75) is 32.1 Å². The van der Waals surface area contributed by atoms with Crippen molar-refractivity contribution in [2.24, 2.45) is 17.8 Å². The van der Waals surface area contributed by atoms with Crippen LogP contribution in [0.3, 0.4) is 0 Å². The normalized spacial score (nSPS) is 27.6. The highest BCUT2D eigenvalue weighted by Gasteiger charge is 2.38. The number of nitrogens with zero attached hydrogens (tertiary/aromatic N) is 1. The Morgan fingerprint density at radius 1 is 1.45 bits per heavy atom. The molecule has 1 aromatic heterocycles. The zero-order chi connectivity index (χ0) is 13.9. The summed E-state index contributed by atoms with van der Waals surface area (Å²) in [4.78, 5) is 16.2. The summed E-state index contributed by atoms with van der Waals surface area (Å²) in [6.07, 6.45) is 8.37. The number of amides is 1. The number of carbonyl (C=O) groups excluding carboxylic acids is 1.